The zero-order chi connectivity index (χ0) is 14.1. The summed E-state index contributed by atoms with van der Waals surface area (Å²) in [5.74, 6) is -0.461. The highest BCUT2D eigenvalue weighted by atomic mass is 16.5. The molecule has 19 heavy (non-hydrogen) atoms. The van der Waals surface area contributed by atoms with Crippen LogP contribution in [0.1, 0.15) is 12.8 Å². The molecule has 0 aliphatic carbocycles. The predicted molar refractivity (Wildman–Crippen MR) is 70.1 cm³/mol. The zero-order valence-electron chi connectivity index (χ0n) is 11.4. The molecule has 1 saturated heterocycles. The van der Waals surface area contributed by atoms with Crippen LogP contribution in [0.5, 0.6) is 0 Å². The molecule has 1 aliphatic heterocycles. The number of nitrogens with one attached hydrogen (secondary N) is 2. The average Bonchev–Trinajstić information content (AvgIpc) is 2.37. The van der Waals surface area contributed by atoms with Crippen LogP contribution in [0.3, 0.4) is 0 Å². The molecule has 0 spiro atoms. The van der Waals surface area contributed by atoms with Crippen molar-refractivity contribution < 1.29 is 19.4 Å². The van der Waals surface area contributed by atoms with Crippen LogP contribution in [0.25, 0.3) is 0 Å². The molecule has 1 rings (SSSR count). The van der Waals surface area contributed by atoms with Crippen molar-refractivity contribution in [1.82, 2.24) is 15.5 Å². The number of carbonyl (C=O) groups is 2. The van der Waals surface area contributed by atoms with Crippen LogP contribution in [0.15, 0.2) is 0 Å². The first-order chi connectivity index (χ1) is 9.08. The first-order valence-corrected chi connectivity index (χ1v) is 6.57. The lowest BCUT2D eigenvalue weighted by molar-refractivity contribution is -0.142. The zero-order valence-corrected chi connectivity index (χ0v) is 11.4. The molecule has 3 N–H and O–H groups in total. The van der Waals surface area contributed by atoms with Gasteiger partial charge in [0.1, 0.15) is 6.61 Å². The fourth-order valence-electron chi connectivity index (χ4n) is 1.96. The van der Waals surface area contributed by atoms with Gasteiger partial charge >= 0.3 is 12.0 Å². The Hall–Kier alpha value is -1.34. The Morgan fingerprint density at radius 2 is 2.00 bits per heavy atom. The van der Waals surface area contributed by atoms with Gasteiger partial charge in [-0.15, -0.1) is 0 Å². The van der Waals surface area contributed by atoms with Crippen molar-refractivity contribution in [2.45, 2.75) is 12.8 Å². The number of nitrogens with zero attached hydrogens (tertiary/aromatic N) is 1. The second-order valence-electron chi connectivity index (χ2n) is 4.83. The number of carboxylic acid groups (broad SMARTS) is 1. The van der Waals surface area contributed by atoms with Crippen LogP contribution < -0.4 is 10.6 Å². The molecule has 0 atom stereocenters. The van der Waals surface area contributed by atoms with Crippen molar-refractivity contribution in [2.24, 2.45) is 5.92 Å². The summed E-state index contributed by atoms with van der Waals surface area (Å²) < 4.78 is 4.80. The predicted octanol–water partition coefficient (Wildman–Crippen LogP) is -0.271. The molecule has 0 bridgehead atoms. The van der Waals surface area contributed by atoms with Gasteiger partial charge in [0.15, 0.2) is 0 Å². The molecule has 0 unspecified atom stereocenters. The maximum Gasteiger partial charge on any atom is 0.329 e. The number of aliphatic carboxylic acids is 1. The van der Waals surface area contributed by atoms with Crippen molar-refractivity contribution in [3.05, 3.63) is 0 Å². The van der Waals surface area contributed by atoms with Gasteiger partial charge in [-0.25, -0.2) is 9.59 Å². The fourth-order valence-corrected chi connectivity index (χ4v) is 1.96. The molecule has 0 aromatic rings. The Labute approximate surface area is 113 Å². The summed E-state index contributed by atoms with van der Waals surface area (Å²) in [5, 5.41) is 13.8. The van der Waals surface area contributed by atoms with Gasteiger partial charge in [-0.3, -0.25) is 0 Å². The van der Waals surface area contributed by atoms with Crippen molar-refractivity contribution in [2.75, 3.05) is 46.4 Å². The lowest BCUT2D eigenvalue weighted by atomic mass is 9.97. The molecule has 0 aromatic carbocycles. The number of piperidine rings is 1. The number of likely N-dealkylation sites (tertiary alicyclic amines) is 1. The van der Waals surface area contributed by atoms with E-state index in [1.807, 2.05) is 0 Å². The van der Waals surface area contributed by atoms with Gasteiger partial charge in [-0.2, -0.15) is 0 Å². The van der Waals surface area contributed by atoms with Gasteiger partial charge in [-0.05, 0) is 38.9 Å². The molecule has 7 heteroatoms. The molecule has 0 saturated carbocycles. The van der Waals surface area contributed by atoms with E-state index in [1.54, 1.807) is 0 Å². The topological polar surface area (TPSA) is 90.9 Å². The van der Waals surface area contributed by atoms with Crippen molar-refractivity contribution >= 4 is 12.0 Å². The van der Waals surface area contributed by atoms with Crippen molar-refractivity contribution in [3.63, 3.8) is 0 Å². The molecule has 1 fully saturated rings. The molecule has 0 radical (unpaired) electrons. The molecule has 0 aromatic heterocycles. The average molecular weight is 273 g/mol. The van der Waals surface area contributed by atoms with Crippen LogP contribution in [-0.4, -0.2) is 68.4 Å². The van der Waals surface area contributed by atoms with Gasteiger partial charge in [0, 0.05) is 13.1 Å². The summed E-state index contributed by atoms with van der Waals surface area (Å²) in [5.41, 5.74) is 0. The summed E-state index contributed by atoms with van der Waals surface area (Å²) in [6, 6.07) is -0.224. The van der Waals surface area contributed by atoms with Gasteiger partial charge in [0.2, 0.25) is 0 Å². The number of hydrogen-bond acceptors (Lipinski definition) is 4. The normalized spacial score (nSPS) is 17.1. The van der Waals surface area contributed by atoms with E-state index in [4.69, 9.17) is 9.84 Å². The lowest BCUT2D eigenvalue weighted by Gasteiger charge is -2.28. The maximum absolute atomic E-state index is 11.4. The van der Waals surface area contributed by atoms with Gasteiger partial charge in [0.25, 0.3) is 0 Å². The molecule has 7 nitrogen and oxygen atoms in total. The summed E-state index contributed by atoms with van der Waals surface area (Å²) >= 11 is 0. The van der Waals surface area contributed by atoms with Gasteiger partial charge < -0.3 is 25.4 Å². The number of hydrogen-bond donors (Lipinski definition) is 3. The van der Waals surface area contributed by atoms with E-state index in [1.165, 1.54) is 0 Å². The Morgan fingerprint density at radius 3 is 2.63 bits per heavy atom. The molecule has 1 heterocycles. The minimum Gasteiger partial charge on any atom is -0.480 e. The highest BCUT2D eigenvalue weighted by Gasteiger charge is 2.16. The van der Waals surface area contributed by atoms with Gasteiger partial charge in [0.05, 0.1) is 6.61 Å². The van der Waals surface area contributed by atoms with E-state index in [-0.39, 0.29) is 19.2 Å². The van der Waals surface area contributed by atoms with E-state index in [2.05, 4.69) is 22.6 Å². The quantitative estimate of drug-likeness (QED) is 0.555. The Kier molecular flexibility index (Phi) is 7.20. The highest BCUT2D eigenvalue weighted by molar-refractivity contribution is 5.73. The van der Waals surface area contributed by atoms with E-state index in [9.17, 15) is 9.59 Å². The third-order valence-corrected chi connectivity index (χ3v) is 3.15. The molecule has 1 aliphatic rings. The third kappa shape index (κ3) is 7.63. The molecular formula is C12H23N3O4. The van der Waals surface area contributed by atoms with E-state index < -0.39 is 5.97 Å². The first-order valence-electron chi connectivity index (χ1n) is 6.57. The minimum absolute atomic E-state index is 0.202. The second kappa shape index (κ2) is 8.71. The Bertz CT molecular complexity index is 291. The van der Waals surface area contributed by atoms with E-state index in [0.29, 0.717) is 19.0 Å². The maximum atomic E-state index is 11.4. The summed E-state index contributed by atoms with van der Waals surface area (Å²) in [4.78, 5) is 23.9. The van der Waals surface area contributed by atoms with E-state index >= 15 is 0 Å². The lowest BCUT2D eigenvalue weighted by Crippen LogP contribution is -2.42. The van der Waals surface area contributed by atoms with Crippen LogP contribution in [0.2, 0.25) is 0 Å². The number of amides is 2. The summed E-state index contributed by atoms with van der Waals surface area (Å²) in [6.07, 6.45) is 2.22. The van der Waals surface area contributed by atoms with Crippen LogP contribution in [0, 0.1) is 5.92 Å². The number of carboxylic acids is 1. The standard InChI is InChI=1S/C12H23N3O4/c1-15-5-2-10(3-6-15)8-14-12(18)13-4-7-19-9-11(16)17/h10H,2-9H2,1H3,(H,16,17)(H2,13,14,18). The third-order valence-electron chi connectivity index (χ3n) is 3.15. The smallest absolute Gasteiger partial charge is 0.329 e. The molecule has 2 amide bonds. The fraction of sp³-hybridized carbons (Fsp3) is 0.833. The largest absolute Gasteiger partial charge is 0.480 e. The van der Waals surface area contributed by atoms with E-state index in [0.717, 1.165) is 25.9 Å². The number of urea groups is 1. The second-order valence-corrected chi connectivity index (χ2v) is 4.83. The SMILES string of the molecule is CN1CCC(CNC(=O)NCCOCC(=O)O)CC1. The number of rotatable bonds is 7. The summed E-state index contributed by atoms with van der Waals surface area (Å²) in [6.45, 7) is 3.03. The number of ether oxygens (including phenoxy) is 1. The Morgan fingerprint density at radius 1 is 1.32 bits per heavy atom. The number of carbonyl (C=O) groups excluding carboxylic acids is 1. The van der Waals surface area contributed by atoms with Crippen LogP contribution in [-0.2, 0) is 9.53 Å². The van der Waals surface area contributed by atoms with Gasteiger partial charge in [-0.1, -0.05) is 0 Å². The van der Waals surface area contributed by atoms with Crippen molar-refractivity contribution in [1.29, 1.82) is 0 Å². The van der Waals surface area contributed by atoms with Crippen molar-refractivity contribution in [3.8, 4) is 0 Å². The monoisotopic (exact) mass is 273 g/mol. The summed E-state index contributed by atoms with van der Waals surface area (Å²) in [7, 11) is 2.10. The Balaban J connectivity index is 1.97. The van der Waals surface area contributed by atoms with Crippen LogP contribution >= 0.6 is 0 Å². The highest BCUT2D eigenvalue weighted by Crippen LogP contribution is 2.14. The molecule has 110 valence electrons. The first kappa shape index (κ1) is 15.7. The van der Waals surface area contributed by atoms with Crippen LogP contribution in [0.4, 0.5) is 4.79 Å². The molecular weight excluding hydrogens is 250 g/mol. The minimum atomic E-state index is -1.01.